The van der Waals surface area contributed by atoms with Gasteiger partial charge in [-0.25, -0.2) is 4.39 Å². The molecule has 0 fully saturated rings. The first-order valence-corrected chi connectivity index (χ1v) is 43.1. The number of fused-ring (bicyclic) bond motifs is 4. The SMILES string of the molecule is Cc1cc(F)cc(CN2C[C@@H](c3ccccc3)N(C[C@@H](O)C(F)(F)F)c3ccccc32)c1.O[C@H](CN1c2ccccc2N(Cc2cc(Cl)cc(Cl)c2)C[C@H]1c1cccc(C(F)(F)F)c1)C(F)(F)F.O[C@H](CN1c2ccccc2N(Cc2cc(Cl)cc(Cl)c2)C[C@H]1c1ccccc1)C(F)(F)F.O[C@H](CN1c2ccccc2N(Cc2cccc(Cl)c2)C[C@H]1c1ccccc1)C(F)(F)F. The zero-order valence-corrected chi connectivity index (χ0v) is 73.4. The number of hydrogen-bond donors (Lipinski definition) is 4. The summed E-state index contributed by atoms with van der Waals surface area (Å²) < 4.78 is 213. The quantitative estimate of drug-likeness (QED) is 0.0546. The van der Waals surface area contributed by atoms with Crippen LogP contribution < -0.4 is 39.2 Å². The molecule has 4 aliphatic heterocycles. The lowest BCUT2D eigenvalue weighted by Gasteiger charge is -2.46. The largest absolute Gasteiger partial charge is 0.416 e. The van der Waals surface area contributed by atoms with Gasteiger partial charge in [-0.2, -0.15) is 65.9 Å². The summed E-state index contributed by atoms with van der Waals surface area (Å²) in [7, 11) is 0. The Morgan fingerprint density at radius 1 is 0.275 bits per heavy atom. The summed E-state index contributed by atoms with van der Waals surface area (Å²) >= 11 is 30.7. The first-order valence-electron chi connectivity index (χ1n) is 41.2. The number of nitrogens with zero attached hydrogens (tertiary/aromatic N) is 8. The predicted octanol–water partition coefficient (Wildman–Crippen LogP) is 25.4. The van der Waals surface area contributed by atoms with Gasteiger partial charge in [0, 0.05) is 77.5 Å². The molecule has 0 amide bonds. The van der Waals surface area contributed by atoms with Crippen LogP contribution in [0.4, 0.5) is 116 Å². The maximum Gasteiger partial charge on any atom is 0.416 e. The van der Waals surface area contributed by atoms with Gasteiger partial charge in [-0.15, -0.1) is 0 Å². The van der Waals surface area contributed by atoms with Gasteiger partial charge < -0.3 is 59.6 Å². The molecule has 0 radical (unpaired) electrons. The number of rotatable bonds is 20. The normalized spacial score (nSPS) is 17.3. The lowest BCUT2D eigenvalue weighted by molar-refractivity contribution is -0.200. The highest BCUT2D eigenvalue weighted by Crippen LogP contribution is 2.49. The number of β-amino-alcohol motifs (C(OH)–C–C–N with tert-alkyl or cyclic N) is 4. The van der Waals surface area contributed by atoms with E-state index in [0.717, 1.165) is 68.1 Å². The van der Waals surface area contributed by atoms with Crippen molar-refractivity contribution in [2.24, 2.45) is 0 Å². The molecule has 0 unspecified atom stereocenters. The van der Waals surface area contributed by atoms with E-state index >= 15 is 0 Å². The van der Waals surface area contributed by atoms with Crippen LogP contribution in [0, 0.1) is 12.7 Å². The van der Waals surface area contributed by atoms with Crippen molar-refractivity contribution < 1.29 is 90.7 Å². The summed E-state index contributed by atoms with van der Waals surface area (Å²) in [5.41, 5.74) is 11.2. The molecule has 0 aliphatic carbocycles. The maximum absolute atomic E-state index is 14.0. The predicted molar refractivity (Wildman–Crippen MR) is 485 cm³/mol. The van der Waals surface area contributed by atoms with Crippen molar-refractivity contribution in [1.82, 2.24) is 0 Å². The van der Waals surface area contributed by atoms with Crippen molar-refractivity contribution >= 4 is 104 Å². The number of aliphatic hydroxyl groups is 4. The molecule has 690 valence electrons. The molecule has 8 atom stereocenters. The minimum atomic E-state index is -4.90. The van der Waals surface area contributed by atoms with Gasteiger partial charge in [0.1, 0.15) is 5.82 Å². The van der Waals surface area contributed by atoms with Crippen LogP contribution in [0.25, 0.3) is 0 Å². The Labute approximate surface area is 771 Å². The van der Waals surface area contributed by atoms with Crippen LogP contribution in [0.5, 0.6) is 0 Å². The molecule has 0 saturated heterocycles. The Morgan fingerprint density at radius 3 is 0.824 bits per heavy atom. The van der Waals surface area contributed by atoms with E-state index in [4.69, 9.17) is 58.0 Å². The number of aryl methyl sites for hydroxylation is 1. The van der Waals surface area contributed by atoms with Crippen molar-refractivity contribution in [3.63, 3.8) is 0 Å². The third kappa shape index (κ3) is 25.1. The summed E-state index contributed by atoms with van der Waals surface area (Å²) in [4.78, 5) is 14.4. The number of halogens is 21. The van der Waals surface area contributed by atoms with E-state index in [1.54, 1.807) is 99.6 Å². The van der Waals surface area contributed by atoms with Crippen LogP contribution in [0.1, 0.15) is 79.8 Å². The standard InChI is InChI=1S/C25H20Cl2F6N2O.C25H24F4N2O.C24H21Cl2F3N2O.C24H22ClF3N2O/c26-18-8-15(9-19(27)11-18)12-34-13-22(16-4-3-5-17(10-16)24(28,29)30)35(14-23(36)25(31,32)33)21-7-2-1-6-20(21)34;1-17-11-18(13-20(26)12-17)14-30-15-23(19-7-3-2-4-8-19)31(16-24(32)25(27,28)29)22-10-6-5-9-21(22)30;25-18-10-16(11-19(26)12-18)13-30-14-22(17-6-2-1-3-7-17)31(15-23(32)24(27,28)29)21-9-5-4-8-20(21)30;25-19-10-6-7-17(13-19)14-29-15-22(18-8-2-1-3-9-18)30(16-23(31)24(26,27)28)21-12-5-4-11-20(21)29/h1-11,22-23,36H,12-14H2;2-13,23-24,32H,14-16H2,1H3;1-12,22-23,32H,13-15H2;1-13,22-23,31H,14-16H2/t22-,23+;23-,24+;2*22-,23+/m0000/s1. The van der Waals surface area contributed by atoms with Crippen molar-refractivity contribution in [3.8, 4) is 0 Å². The smallest absolute Gasteiger partial charge is 0.382 e. The van der Waals surface area contributed by atoms with Crippen LogP contribution in [0.15, 0.2) is 291 Å². The monoisotopic (exact) mass is 1920 g/mol. The first kappa shape index (κ1) is 97.7. The van der Waals surface area contributed by atoms with Gasteiger partial charge in [0.05, 0.1) is 101 Å². The summed E-state index contributed by atoms with van der Waals surface area (Å²) in [5.74, 6) is -0.320. The van der Waals surface area contributed by atoms with Crippen molar-refractivity contribution in [2.75, 3.05) is 91.6 Å². The molecule has 12 nitrogen and oxygen atoms in total. The van der Waals surface area contributed by atoms with Crippen LogP contribution in [0.3, 0.4) is 0 Å². The molecule has 0 aromatic heterocycles. The van der Waals surface area contributed by atoms with Crippen molar-refractivity contribution in [3.05, 3.63) is 378 Å². The lowest BCUT2D eigenvalue weighted by Crippen LogP contribution is -2.49. The number of aliphatic hydroxyl groups excluding tert-OH is 4. The van der Waals surface area contributed by atoms with E-state index in [0.29, 0.717) is 98.4 Å². The van der Waals surface area contributed by atoms with E-state index < -0.39 is 105 Å². The van der Waals surface area contributed by atoms with Crippen molar-refractivity contribution in [2.45, 2.75) is 113 Å². The summed E-state index contributed by atoms with van der Waals surface area (Å²) in [6.07, 6.45) is -33.7. The minimum Gasteiger partial charge on any atom is -0.382 e. The second-order valence-electron chi connectivity index (χ2n) is 32.1. The molecule has 0 spiro atoms. The number of hydrogen-bond acceptors (Lipinski definition) is 12. The maximum atomic E-state index is 14.0. The van der Waals surface area contributed by atoms with Gasteiger partial charge in [-0.05, 0) is 178 Å². The molecular weight excluding hydrogens is 1830 g/mol. The third-order valence-corrected chi connectivity index (χ3v) is 23.8. The van der Waals surface area contributed by atoms with Crippen LogP contribution in [-0.2, 0) is 32.4 Å². The summed E-state index contributed by atoms with van der Waals surface area (Å²) in [6.45, 7) is 2.35. The topological polar surface area (TPSA) is 107 Å². The van der Waals surface area contributed by atoms with E-state index in [-0.39, 0.29) is 30.5 Å². The van der Waals surface area contributed by atoms with Gasteiger partial charge in [0.25, 0.3) is 0 Å². The second kappa shape index (κ2) is 42.0. The average molecular weight is 1920 g/mol. The van der Waals surface area contributed by atoms with Crippen LogP contribution in [0.2, 0.25) is 25.1 Å². The van der Waals surface area contributed by atoms with Gasteiger partial charge in [-0.3, -0.25) is 0 Å². The summed E-state index contributed by atoms with van der Waals surface area (Å²) in [6, 6.07) is 81.6. The molecular formula is C98H87Cl5F16N8O4. The Hall–Kier alpha value is -10.8. The number of alkyl halides is 15. The lowest BCUT2D eigenvalue weighted by atomic mass is 9.96. The molecule has 4 aliphatic rings. The molecule has 4 heterocycles. The molecule has 33 heteroatoms. The zero-order valence-electron chi connectivity index (χ0n) is 69.6. The van der Waals surface area contributed by atoms with Gasteiger partial charge in [0.15, 0.2) is 24.4 Å². The molecule has 0 bridgehead atoms. The number of para-hydroxylation sites is 8. The molecule has 12 aromatic rings. The van der Waals surface area contributed by atoms with E-state index in [1.165, 1.54) is 29.2 Å². The Kier molecular flexibility index (Phi) is 31.3. The third-order valence-electron chi connectivity index (χ3n) is 22.7. The fraction of sp³-hybridized carbons (Fsp3) is 0.265. The van der Waals surface area contributed by atoms with Gasteiger partial charge in [0.2, 0.25) is 0 Å². The van der Waals surface area contributed by atoms with Crippen molar-refractivity contribution in [1.29, 1.82) is 0 Å². The number of anilines is 8. The molecule has 12 aromatic carbocycles. The highest BCUT2D eigenvalue weighted by atomic mass is 35.5. The Bertz CT molecular complexity index is 5580. The number of benzene rings is 12. The molecule has 4 N–H and O–H groups in total. The fourth-order valence-corrected chi connectivity index (χ4v) is 18.1. The van der Waals surface area contributed by atoms with E-state index in [9.17, 15) is 90.7 Å². The fourth-order valence-electron chi connectivity index (χ4n) is 16.8. The zero-order chi connectivity index (χ0) is 94.0. The summed E-state index contributed by atoms with van der Waals surface area (Å²) in [5, 5.41) is 42.0. The minimum absolute atomic E-state index is 0.0486. The molecule has 131 heavy (non-hydrogen) atoms. The van der Waals surface area contributed by atoms with Crippen LogP contribution in [-0.4, -0.2) is 122 Å². The molecule has 16 rings (SSSR count). The second-order valence-corrected chi connectivity index (χ2v) is 34.2. The van der Waals surface area contributed by atoms with E-state index in [2.05, 4.69) is 14.7 Å². The van der Waals surface area contributed by atoms with Gasteiger partial charge in [-0.1, -0.05) is 228 Å². The highest BCUT2D eigenvalue weighted by Gasteiger charge is 2.48. The Morgan fingerprint density at radius 2 is 0.534 bits per heavy atom. The van der Waals surface area contributed by atoms with Crippen LogP contribution >= 0.6 is 58.0 Å². The average Bonchev–Trinajstić information content (AvgIpc) is 0.777. The first-order chi connectivity index (χ1) is 62.1. The van der Waals surface area contributed by atoms with E-state index in [1.807, 2.05) is 182 Å². The highest BCUT2D eigenvalue weighted by molar-refractivity contribution is 6.35. The Balaban J connectivity index is 0.000000149. The van der Waals surface area contributed by atoms with Gasteiger partial charge >= 0.3 is 30.9 Å². The molecule has 0 saturated carbocycles.